The van der Waals surface area contributed by atoms with Crippen molar-refractivity contribution in [3.8, 4) is 17.0 Å². The van der Waals surface area contributed by atoms with Crippen molar-refractivity contribution >= 4 is 51.0 Å². The van der Waals surface area contributed by atoms with E-state index in [9.17, 15) is 4.91 Å². The van der Waals surface area contributed by atoms with Crippen LogP contribution >= 0.6 is 23.2 Å². The smallest absolute Gasteiger partial charge is 0.155 e. The highest BCUT2D eigenvalue weighted by atomic mass is 35.5. The van der Waals surface area contributed by atoms with E-state index in [1.54, 1.807) is 70.6 Å². The quantitative estimate of drug-likeness (QED) is 0.181. The average molecular weight is 541 g/mol. The summed E-state index contributed by atoms with van der Waals surface area (Å²) < 4.78 is 10.8. The zero-order valence-corrected chi connectivity index (χ0v) is 22.2. The molecule has 0 radical (unpaired) electrons. The number of anilines is 1. The number of ether oxygens (including phenoxy) is 1. The molecule has 0 aliphatic heterocycles. The van der Waals surface area contributed by atoms with Crippen LogP contribution in [0.3, 0.4) is 0 Å². The summed E-state index contributed by atoms with van der Waals surface area (Å²) in [6.45, 7) is 5.28. The number of nitrogen functional groups attached to an aromatic ring is 1. The molecule has 5 aromatic rings. The molecule has 3 heterocycles. The van der Waals surface area contributed by atoms with Gasteiger partial charge in [-0.15, -0.1) is 4.91 Å². The van der Waals surface area contributed by atoms with Gasteiger partial charge >= 0.3 is 0 Å². The molecule has 0 aliphatic rings. The van der Waals surface area contributed by atoms with Crippen molar-refractivity contribution in [1.82, 2.24) is 9.97 Å². The molecule has 192 valence electrons. The van der Waals surface area contributed by atoms with E-state index in [0.717, 1.165) is 27.6 Å². The molecular weight excluding hydrogens is 515 g/mol. The minimum Gasteiger partial charge on any atom is -0.496 e. The Morgan fingerprint density at radius 3 is 2.24 bits per heavy atom. The highest BCUT2D eigenvalue weighted by Gasteiger charge is 2.11. The van der Waals surface area contributed by atoms with Gasteiger partial charge in [-0.25, -0.2) is 0 Å². The van der Waals surface area contributed by atoms with Gasteiger partial charge in [0.15, 0.2) is 10.9 Å². The van der Waals surface area contributed by atoms with Gasteiger partial charge in [0.25, 0.3) is 0 Å². The molecule has 0 amide bonds. The summed E-state index contributed by atoms with van der Waals surface area (Å²) in [7, 11) is 1.60. The molecule has 0 bridgehead atoms. The molecule has 0 saturated heterocycles. The third kappa shape index (κ3) is 7.55. The summed E-state index contributed by atoms with van der Waals surface area (Å²) in [5.41, 5.74) is 10.0. The molecule has 0 aliphatic carbocycles. The number of hydrogen-bond donors (Lipinski definition) is 1. The topological polar surface area (TPSA) is 113 Å². The highest BCUT2D eigenvalue weighted by molar-refractivity contribution is 6.31. The Balaban J connectivity index is 0.000000166. The average Bonchev–Trinajstić information content (AvgIpc) is 3.22. The fraction of sp³-hybridized carbons (Fsp3) is 0.185. The van der Waals surface area contributed by atoms with Crippen LogP contribution < -0.4 is 10.5 Å². The molecule has 10 heteroatoms. The number of halogens is 2. The predicted molar refractivity (Wildman–Crippen MR) is 149 cm³/mol. The van der Waals surface area contributed by atoms with E-state index in [2.05, 4.69) is 20.1 Å². The van der Waals surface area contributed by atoms with Crippen LogP contribution in [0.2, 0.25) is 10.0 Å². The Morgan fingerprint density at radius 1 is 0.919 bits per heavy atom. The number of rotatable bonds is 3. The number of nitrogens with zero attached hydrogens (tertiary/aromatic N) is 3. The second-order valence-electron chi connectivity index (χ2n) is 8.66. The van der Waals surface area contributed by atoms with Gasteiger partial charge < -0.3 is 19.7 Å². The highest BCUT2D eigenvalue weighted by Crippen LogP contribution is 2.34. The van der Waals surface area contributed by atoms with E-state index < -0.39 is 5.60 Å². The van der Waals surface area contributed by atoms with E-state index in [0.29, 0.717) is 27.2 Å². The standard InChI is InChI=1S/C12H11ClN2O.C11H6ClNO.C4H9NO2/c1-16-11-5-4-8(13)7-9(11)12-10(14)3-2-6-15-12;12-7-3-4-9-8(6-7)11-10(14-9)2-1-5-13-11;1-4(2,3)7-5-6/h2-7H,14H2,1H3;1-6H;1-3H3. The van der Waals surface area contributed by atoms with E-state index in [4.69, 9.17) is 38.1 Å². The Kier molecular flexibility index (Phi) is 9.27. The van der Waals surface area contributed by atoms with Gasteiger partial charge in [0.1, 0.15) is 22.5 Å². The first-order valence-corrected chi connectivity index (χ1v) is 11.9. The molecule has 0 spiro atoms. The number of pyridine rings is 2. The molecule has 8 nitrogen and oxygen atoms in total. The third-order valence-electron chi connectivity index (χ3n) is 4.75. The molecule has 3 aromatic heterocycles. The number of hydrogen-bond acceptors (Lipinski definition) is 8. The maximum Gasteiger partial charge on any atom is 0.155 e. The van der Waals surface area contributed by atoms with Gasteiger partial charge in [0.2, 0.25) is 0 Å². The Hall–Kier alpha value is -3.88. The first kappa shape index (κ1) is 27.7. The van der Waals surface area contributed by atoms with Crippen LogP contribution in [0.4, 0.5) is 5.69 Å². The zero-order chi connectivity index (χ0) is 27.0. The van der Waals surface area contributed by atoms with E-state index in [1.165, 1.54) is 0 Å². The maximum atomic E-state index is 9.35. The zero-order valence-electron chi connectivity index (χ0n) is 20.7. The van der Waals surface area contributed by atoms with Crippen LogP contribution in [0.25, 0.3) is 33.3 Å². The molecule has 0 atom stereocenters. The fourth-order valence-corrected chi connectivity index (χ4v) is 3.53. The van der Waals surface area contributed by atoms with Crippen LogP contribution in [0.15, 0.2) is 82.8 Å². The van der Waals surface area contributed by atoms with Crippen LogP contribution in [0, 0.1) is 4.91 Å². The van der Waals surface area contributed by atoms with Crippen LogP contribution in [-0.2, 0) is 4.84 Å². The van der Waals surface area contributed by atoms with Crippen LogP contribution in [0.1, 0.15) is 20.8 Å². The Morgan fingerprint density at radius 2 is 1.59 bits per heavy atom. The van der Waals surface area contributed by atoms with Gasteiger partial charge in [-0.05, 0) is 81.4 Å². The summed E-state index contributed by atoms with van der Waals surface area (Å²) in [4.78, 5) is 22.1. The van der Waals surface area contributed by atoms with Crippen molar-refractivity contribution in [2.24, 2.45) is 5.34 Å². The molecule has 2 aromatic carbocycles. The number of furan rings is 1. The lowest BCUT2D eigenvalue weighted by Gasteiger charge is -2.11. The van der Waals surface area contributed by atoms with Crippen molar-refractivity contribution in [3.05, 3.63) is 88.0 Å². The number of fused-ring (bicyclic) bond motifs is 3. The predicted octanol–water partition coefficient (Wildman–Crippen LogP) is 8.11. The van der Waals surface area contributed by atoms with Gasteiger partial charge in [-0.3, -0.25) is 9.97 Å². The van der Waals surface area contributed by atoms with Gasteiger partial charge in [-0.2, -0.15) is 0 Å². The summed E-state index contributed by atoms with van der Waals surface area (Å²) in [6, 6.07) is 18.2. The number of benzene rings is 2. The molecule has 5 rings (SSSR count). The number of nitrogens with two attached hydrogens (primary N) is 1. The molecule has 2 N–H and O–H groups in total. The van der Waals surface area contributed by atoms with Crippen molar-refractivity contribution in [3.63, 3.8) is 0 Å². The minimum atomic E-state index is -0.429. The minimum absolute atomic E-state index is 0.429. The summed E-state index contributed by atoms with van der Waals surface area (Å²) in [5, 5.41) is 4.55. The van der Waals surface area contributed by atoms with Crippen molar-refractivity contribution < 1.29 is 14.0 Å². The van der Waals surface area contributed by atoms with Gasteiger partial charge in [0, 0.05) is 33.4 Å². The Bertz CT molecular complexity index is 1500. The lowest BCUT2D eigenvalue weighted by atomic mass is 10.1. The van der Waals surface area contributed by atoms with Crippen molar-refractivity contribution in [1.29, 1.82) is 0 Å². The normalized spacial score (nSPS) is 10.6. The first-order valence-electron chi connectivity index (χ1n) is 11.1. The summed E-state index contributed by atoms with van der Waals surface area (Å²) in [5.74, 6) is 0.704. The summed E-state index contributed by atoms with van der Waals surface area (Å²) in [6.07, 6.45) is 3.43. The number of aromatic nitrogens is 2. The van der Waals surface area contributed by atoms with Gasteiger partial charge in [-0.1, -0.05) is 23.2 Å². The fourth-order valence-electron chi connectivity index (χ4n) is 3.19. The summed E-state index contributed by atoms with van der Waals surface area (Å²) >= 11 is 11.9. The van der Waals surface area contributed by atoms with E-state index in [1.807, 2.05) is 30.3 Å². The molecular formula is C27H26Cl2N4O4. The Labute approximate surface area is 224 Å². The monoisotopic (exact) mass is 540 g/mol. The third-order valence-corrected chi connectivity index (χ3v) is 5.22. The first-order chi connectivity index (χ1) is 17.6. The molecule has 0 fully saturated rings. The molecule has 0 saturated carbocycles. The van der Waals surface area contributed by atoms with Crippen molar-refractivity contribution in [2.75, 3.05) is 12.8 Å². The number of methoxy groups -OCH3 is 1. The lowest BCUT2D eigenvalue weighted by Crippen LogP contribution is -2.14. The van der Waals surface area contributed by atoms with E-state index >= 15 is 0 Å². The molecule has 37 heavy (non-hydrogen) atoms. The second-order valence-corrected chi connectivity index (χ2v) is 9.53. The van der Waals surface area contributed by atoms with Crippen LogP contribution in [0.5, 0.6) is 5.75 Å². The molecule has 0 unspecified atom stereocenters. The van der Waals surface area contributed by atoms with Crippen LogP contribution in [-0.4, -0.2) is 22.7 Å². The lowest BCUT2D eigenvalue weighted by molar-refractivity contribution is -0.00229. The maximum absolute atomic E-state index is 9.35. The van der Waals surface area contributed by atoms with Crippen molar-refractivity contribution in [2.45, 2.75) is 26.4 Å². The SMILES string of the molecule is CC(C)(C)ON=O.COc1ccc(Cl)cc1-c1ncccc1N.Clc1ccc2oc3cccnc3c2c1. The van der Waals surface area contributed by atoms with E-state index in [-0.39, 0.29) is 0 Å². The second kappa shape index (κ2) is 12.4. The largest absolute Gasteiger partial charge is 0.496 e. The van der Waals surface area contributed by atoms with Gasteiger partial charge in [0.05, 0.1) is 18.5 Å².